The van der Waals surface area contributed by atoms with Crippen molar-refractivity contribution in [1.82, 2.24) is 0 Å². The fourth-order valence-corrected chi connectivity index (χ4v) is 0.320. The van der Waals surface area contributed by atoms with E-state index in [0.29, 0.717) is 0 Å². The first-order chi connectivity index (χ1) is 2.73. The molecule has 0 aromatic carbocycles. The average Bonchev–Trinajstić information content (AvgIpc) is 1.94. The molecule has 0 saturated heterocycles. The predicted octanol–water partition coefficient (Wildman–Crippen LogP) is -2.78. The summed E-state index contributed by atoms with van der Waals surface area (Å²) in [7, 11) is 10.9. The Balaban J connectivity index is 3.04. The zero-order valence-corrected chi connectivity index (χ0v) is 3.62. The van der Waals surface area contributed by atoms with Gasteiger partial charge in [-0.15, -0.1) is 0 Å². The first kappa shape index (κ1) is 3.98. The van der Waals surface area contributed by atoms with Crippen molar-refractivity contribution in [3.8, 4) is 0 Å². The van der Waals surface area contributed by atoms with Gasteiger partial charge in [-0.1, -0.05) is 0 Å². The van der Waals surface area contributed by atoms with E-state index in [1.807, 2.05) is 0 Å². The van der Waals surface area contributed by atoms with Crippen LogP contribution in [0.3, 0.4) is 0 Å². The third kappa shape index (κ3) is 0.311. The van der Waals surface area contributed by atoms with Crippen molar-refractivity contribution in [2.75, 3.05) is 0 Å². The minimum absolute atomic E-state index is 1.04. The van der Waals surface area contributed by atoms with Gasteiger partial charge in [0.25, 0.3) is 0 Å². The molecule has 24 valence electrons. The summed E-state index contributed by atoms with van der Waals surface area (Å²) in [6, 6.07) is 0. The van der Waals surface area contributed by atoms with Crippen LogP contribution < -0.4 is 0 Å². The molecular formula is C3H3B3. The summed E-state index contributed by atoms with van der Waals surface area (Å²) in [5.41, 5.74) is 3.11. The van der Waals surface area contributed by atoms with Crippen LogP contribution in [0.25, 0.3) is 0 Å². The second-order valence-corrected chi connectivity index (χ2v) is 1.44. The molecule has 0 amide bonds. The van der Waals surface area contributed by atoms with Crippen LogP contribution >= 0.6 is 0 Å². The van der Waals surface area contributed by atoms with Crippen molar-refractivity contribution in [3.05, 3.63) is 0 Å². The molecule has 0 spiro atoms. The number of hydrogen-bond donors (Lipinski definition) is 0. The van der Waals surface area contributed by atoms with E-state index in [9.17, 15) is 0 Å². The second kappa shape index (κ2) is 0.897. The van der Waals surface area contributed by atoms with Gasteiger partial charge in [0.15, 0.2) is 0 Å². The fraction of sp³-hybridized carbons (Fsp3) is 0. The Kier molecular flexibility index (Phi) is 0.595. The molecule has 1 aliphatic rings. The van der Waals surface area contributed by atoms with Crippen molar-refractivity contribution in [1.29, 1.82) is 0 Å². The van der Waals surface area contributed by atoms with Crippen LogP contribution in [-0.2, 0) is 0 Å². The summed E-state index contributed by atoms with van der Waals surface area (Å²) in [6.07, 6.45) is 0. The molecule has 0 unspecified atom stereocenters. The zero-order valence-electron chi connectivity index (χ0n) is 3.62. The molecule has 1 saturated carbocycles. The van der Waals surface area contributed by atoms with Gasteiger partial charge in [-0.2, -0.15) is 0 Å². The van der Waals surface area contributed by atoms with Crippen LogP contribution in [0.5, 0.6) is 0 Å². The third-order valence-corrected chi connectivity index (χ3v) is 1.03. The molecule has 0 atom stereocenters. The van der Waals surface area contributed by atoms with E-state index < -0.39 is 0 Å². The Morgan fingerprint density at radius 1 is 0.667 bits per heavy atom. The second-order valence-electron chi connectivity index (χ2n) is 1.44. The molecule has 3 heteroatoms. The van der Waals surface area contributed by atoms with Crippen LogP contribution in [0.15, 0.2) is 0 Å². The van der Waals surface area contributed by atoms with Crippen LogP contribution in [-0.4, -0.2) is 38.9 Å². The Bertz CT molecular complexity index is 104. The van der Waals surface area contributed by atoms with Crippen molar-refractivity contribution in [2.24, 2.45) is 0 Å². The monoisotopic (exact) mass is 72.1 g/mol. The van der Waals surface area contributed by atoms with Gasteiger partial charge in [-0.3, -0.25) is 0 Å². The quantitative estimate of drug-likeness (QED) is 0.271. The molecular weight excluding hydrogens is 68.5 g/mol. The third-order valence-electron chi connectivity index (χ3n) is 1.03. The van der Waals surface area contributed by atoms with Gasteiger partial charge in [0, 0.05) is 0 Å². The zero-order chi connectivity index (χ0) is 4.73. The minimum atomic E-state index is 1.04. The molecule has 0 nitrogen and oxygen atoms in total. The maximum atomic E-state index is 3.63. The Morgan fingerprint density at radius 3 is 0.833 bits per heavy atom. The summed E-state index contributed by atoms with van der Waals surface area (Å²) < 4.78 is 0. The van der Waals surface area contributed by atoms with E-state index in [4.69, 9.17) is 0 Å². The SMILES string of the molecule is B=C1C(=B)C1=B. The van der Waals surface area contributed by atoms with E-state index in [1.165, 1.54) is 0 Å². The van der Waals surface area contributed by atoms with Gasteiger partial charge in [0.1, 0.15) is 0 Å². The Labute approximate surface area is 39.8 Å². The van der Waals surface area contributed by atoms with Crippen molar-refractivity contribution in [2.45, 2.75) is 0 Å². The first-order valence-electron chi connectivity index (χ1n) is 1.81. The van der Waals surface area contributed by atoms with Crippen molar-refractivity contribution < 1.29 is 0 Å². The summed E-state index contributed by atoms with van der Waals surface area (Å²) in [5, 5.41) is 0. The molecule has 0 N–H and O–H groups in total. The van der Waals surface area contributed by atoms with E-state index in [1.54, 1.807) is 0 Å². The Hall–Kier alpha value is -0.195. The number of hydrogen-bond acceptors (Lipinski definition) is 0. The summed E-state index contributed by atoms with van der Waals surface area (Å²) in [6.45, 7) is 0. The Morgan fingerprint density at radius 2 is 0.833 bits per heavy atom. The van der Waals surface area contributed by atoms with Crippen molar-refractivity contribution in [3.63, 3.8) is 0 Å². The van der Waals surface area contributed by atoms with E-state index in [-0.39, 0.29) is 0 Å². The van der Waals surface area contributed by atoms with Gasteiger partial charge in [-0.05, 0) is 0 Å². The summed E-state index contributed by atoms with van der Waals surface area (Å²) in [4.78, 5) is 0. The molecule has 0 bridgehead atoms. The maximum absolute atomic E-state index is 3.63. The molecule has 0 aromatic rings. The van der Waals surface area contributed by atoms with Crippen LogP contribution in [0, 0.1) is 0 Å². The fourth-order valence-electron chi connectivity index (χ4n) is 0.320. The van der Waals surface area contributed by atoms with E-state index >= 15 is 0 Å². The van der Waals surface area contributed by atoms with E-state index in [2.05, 4.69) is 22.5 Å². The summed E-state index contributed by atoms with van der Waals surface area (Å²) >= 11 is 0. The first-order valence-corrected chi connectivity index (χ1v) is 1.81. The molecule has 1 rings (SSSR count). The molecule has 1 fully saturated rings. The van der Waals surface area contributed by atoms with Crippen LogP contribution in [0.4, 0.5) is 0 Å². The number of rotatable bonds is 0. The molecule has 0 heterocycles. The standard InChI is InChI=1S/C3H3B3/c4-1-2(5)3(1)6/h4-6H. The summed E-state index contributed by atoms with van der Waals surface area (Å²) in [5.74, 6) is 0. The van der Waals surface area contributed by atoms with Gasteiger partial charge >= 0.3 is 38.9 Å². The topological polar surface area (TPSA) is 0 Å². The van der Waals surface area contributed by atoms with E-state index in [0.717, 1.165) is 16.4 Å². The van der Waals surface area contributed by atoms with Gasteiger partial charge < -0.3 is 0 Å². The predicted molar refractivity (Wildman–Crippen MR) is 36.5 cm³/mol. The molecule has 0 aliphatic heterocycles. The van der Waals surface area contributed by atoms with Crippen LogP contribution in [0.2, 0.25) is 0 Å². The average molecular weight is 71.5 g/mol. The van der Waals surface area contributed by atoms with Gasteiger partial charge in [0.05, 0.1) is 0 Å². The van der Waals surface area contributed by atoms with Gasteiger partial charge in [-0.25, -0.2) is 0 Å². The van der Waals surface area contributed by atoms with Crippen molar-refractivity contribution >= 4 is 38.9 Å². The molecule has 0 aromatic heterocycles. The molecule has 6 heavy (non-hydrogen) atoms. The molecule has 0 radical (unpaired) electrons. The van der Waals surface area contributed by atoms with Gasteiger partial charge in [0.2, 0.25) is 0 Å². The normalized spacial score (nSPS) is 18.5. The molecule has 1 aliphatic carbocycles. The van der Waals surface area contributed by atoms with Crippen LogP contribution in [0.1, 0.15) is 0 Å².